The first-order chi connectivity index (χ1) is 33.0. The third-order valence-electron chi connectivity index (χ3n) is 13.1. The molecule has 0 heterocycles. The molecule has 67 heavy (non-hydrogen) atoms. The molecule has 0 aromatic carbocycles. The van der Waals surface area contributed by atoms with Crippen LogP contribution in [0, 0.1) is 0 Å². The Balaban J connectivity index is 4.35. The summed E-state index contributed by atoms with van der Waals surface area (Å²) in [6.07, 6.45) is 67.0. The molecular weight excluding hydrogens is 829 g/mol. The molecule has 0 bridgehead atoms. The Morgan fingerprint density at radius 2 is 0.537 bits per heavy atom. The number of rotatable bonds is 54. The van der Waals surface area contributed by atoms with Gasteiger partial charge in [-0.15, -0.1) is 0 Å². The molecule has 0 aromatic rings. The average molecular weight is 942 g/mol. The van der Waals surface area contributed by atoms with Crippen molar-refractivity contribution in [3.63, 3.8) is 0 Å². The first-order valence-electron chi connectivity index (χ1n) is 29.5. The van der Waals surface area contributed by atoms with E-state index in [4.69, 9.17) is 14.2 Å². The molecule has 0 aliphatic rings. The maximum atomic E-state index is 12.9. The van der Waals surface area contributed by atoms with Gasteiger partial charge in [-0.1, -0.05) is 256 Å². The van der Waals surface area contributed by atoms with Crippen LogP contribution in [0.25, 0.3) is 0 Å². The second-order valence-corrected chi connectivity index (χ2v) is 19.9. The smallest absolute Gasteiger partial charge is 0.306 e. The van der Waals surface area contributed by atoms with E-state index in [1.165, 1.54) is 199 Å². The number of allylic oxidation sites excluding steroid dienone is 6. The first-order valence-corrected chi connectivity index (χ1v) is 29.5. The van der Waals surface area contributed by atoms with Crippen molar-refractivity contribution in [1.82, 2.24) is 0 Å². The van der Waals surface area contributed by atoms with E-state index in [0.29, 0.717) is 19.3 Å². The summed E-state index contributed by atoms with van der Waals surface area (Å²) in [6.45, 7) is 6.64. The van der Waals surface area contributed by atoms with Gasteiger partial charge in [-0.05, 0) is 77.0 Å². The van der Waals surface area contributed by atoms with E-state index in [0.717, 1.165) is 77.0 Å². The molecule has 0 saturated carbocycles. The predicted octanol–water partition coefficient (Wildman–Crippen LogP) is 19.7. The van der Waals surface area contributed by atoms with Crippen LogP contribution in [0.1, 0.15) is 316 Å². The van der Waals surface area contributed by atoms with Gasteiger partial charge in [0.25, 0.3) is 0 Å². The Bertz CT molecular complexity index is 1130. The monoisotopic (exact) mass is 941 g/mol. The quantitative estimate of drug-likeness (QED) is 0.0262. The molecule has 0 aromatic heterocycles. The van der Waals surface area contributed by atoms with Crippen molar-refractivity contribution < 1.29 is 28.6 Å². The molecule has 0 rings (SSSR count). The molecule has 1 atom stereocenters. The molecule has 0 amide bonds. The van der Waals surface area contributed by atoms with Gasteiger partial charge in [-0.25, -0.2) is 0 Å². The summed E-state index contributed by atoms with van der Waals surface area (Å²) in [7, 11) is 0. The fraction of sp³-hybridized carbons (Fsp3) is 0.852. The van der Waals surface area contributed by atoms with E-state index in [9.17, 15) is 14.4 Å². The van der Waals surface area contributed by atoms with Crippen molar-refractivity contribution >= 4 is 17.9 Å². The molecule has 6 heteroatoms. The van der Waals surface area contributed by atoms with Crippen LogP contribution in [0.15, 0.2) is 36.5 Å². The van der Waals surface area contributed by atoms with Gasteiger partial charge in [0.15, 0.2) is 6.10 Å². The van der Waals surface area contributed by atoms with E-state index in [2.05, 4.69) is 57.2 Å². The summed E-state index contributed by atoms with van der Waals surface area (Å²) in [5, 5.41) is 0. The summed E-state index contributed by atoms with van der Waals surface area (Å²) in [4.78, 5) is 38.2. The largest absolute Gasteiger partial charge is 0.462 e. The number of ether oxygens (including phenoxy) is 3. The summed E-state index contributed by atoms with van der Waals surface area (Å²) in [5.74, 6) is -0.872. The van der Waals surface area contributed by atoms with Crippen LogP contribution < -0.4 is 0 Å². The number of esters is 3. The number of unbranched alkanes of at least 4 members (excludes halogenated alkanes) is 37. The molecule has 6 nitrogen and oxygen atoms in total. The van der Waals surface area contributed by atoms with E-state index in [1.54, 1.807) is 0 Å². The van der Waals surface area contributed by atoms with E-state index < -0.39 is 6.10 Å². The molecule has 0 spiro atoms. The maximum absolute atomic E-state index is 12.9. The summed E-state index contributed by atoms with van der Waals surface area (Å²) in [6, 6.07) is 0. The van der Waals surface area contributed by atoms with Crippen molar-refractivity contribution in [3.8, 4) is 0 Å². The minimum absolute atomic E-state index is 0.0736. The lowest BCUT2D eigenvalue weighted by Gasteiger charge is -2.18. The zero-order valence-corrected chi connectivity index (χ0v) is 44.9. The minimum Gasteiger partial charge on any atom is -0.462 e. The van der Waals surface area contributed by atoms with Crippen LogP contribution in [0.5, 0.6) is 0 Å². The maximum Gasteiger partial charge on any atom is 0.306 e. The highest BCUT2D eigenvalue weighted by Crippen LogP contribution is 2.16. The van der Waals surface area contributed by atoms with E-state index in [1.807, 2.05) is 0 Å². The molecule has 392 valence electrons. The van der Waals surface area contributed by atoms with Crippen molar-refractivity contribution in [3.05, 3.63) is 36.5 Å². The van der Waals surface area contributed by atoms with Crippen LogP contribution in [-0.2, 0) is 28.6 Å². The molecule has 0 aliphatic carbocycles. The highest BCUT2D eigenvalue weighted by molar-refractivity contribution is 5.71. The molecule has 0 saturated heterocycles. The van der Waals surface area contributed by atoms with E-state index in [-0.39, 0.29) is 31.1 Å². The van der Waals surface area contributed by atoms with Crippen LogP contribution in [0.2, 0.25) is 0 Å². The first kappa shape index (κ1) is 64.6. The van der Waals surface area contributed by atoms with Gasteiger partial charge >= 0.3 is 17.9 Å². The van der Waals surface area contributed by atoms with Crippen molar-refractivity contribution in [2.24, 2.45) is 0 Å². The Morgan fingerprint density at radius 3 is 0.866 bits per heavy atom. The Hall–Kier alpha value is -2.37. The molecule has 0 unspecified atom stereocenters. The summed E-state index contributed by atoms with van der Waals surface area (Å²) in [5.41, 5.74) is 0. The van der Waals surface area contributed by atoms with Crippen LogP contribution in [0.4, 0.5) is 0 Å². The molecular formula is C61H112O6. The lowest BCUT2D eigenvalue weighted by Crippen LogP contribution is -2.30. The van der Waals surface area contributed by atoms with Crippen LogP contribution in [-0.4, -0.2) is 37.2 Å². The number of hydrogen-bond acceptors (Lipinski definition) is 6. The topological polar surface area (TPSA) is 78.9 Å². The number of carbonyl (C=O) groups excluding carboxylic acids is 3. The normalized spacial score (nSPS) is 12.2. The average Bonchev–Trinajstić information content (AvgIpc) is 3.33. The van der Waals surface area contributed by atoms with Gasteiger partial charge < -0.3 is 14.2 Å². The summed E-state index contributed by atoms with van der Waals surface area (Å²) >= 11 is 0. The van der Waals surface area contributed by atoms with E-state index >= 15 is 0 Å². The zero-order chi connectivity index (χ0) is 48.6. The van der Waals surface area contributed by atoms with Crippen molar-refractivity contribution in [1.29, 1.82) is 0 Å². The Morgan fingerprint density at radius 1 is 0.299 bits per heavy atom. The van der Waals surface area contributed by atoms with Crippen LogP contribution >= 0.6 is 0 Å². The second kappa shape index (κ2) is 56.2. The molecule has 0 N–H and O–H groups in total. The van der Waals surface area contributed by atoms with Gasteiger partial charge in [-0.2, -0.15) is 0 Å². The highest BCUT2D eigenvalue weighted by Gasteiger charge is 2.19. The second-order valence-electron chi connectivity index (χ2n) is 19.9. The Kier molecular flexibility index (Phi) is 54.2. The van der Waals surface area contributed by atoms with Gasteiger partial charge in [0.05, 0.1) is 0 Å². The molecule has 0 aliphatic heterocycles. The van der Waals surface area contributed by atoms with Gasteiger partial charge in [0.2, 0.25) is 0 Å². The SMILES string of the molecule is CCCCC/C=C\C/C=C\CCCCCCCC(=O)OC[C@H](COC(=O)CCCCCCCCCCCCCCCCC)OC(=O)CCCCCCCCCCC/C=C\CCCCCCCC. The van der Waals surface area contributed by atoms with Gasteiger partial charge in [-0.3, -0.25) is 14.4 Å². The predicted molar refractivity (Wildman–Crippen MR) is 289 cm³/mol. The van der Waals surface area contributed by atoms with Crippen LogP contribution in [0.3, 0.4) is 0 Å². The zero-order valence-electron chi connectivity index (χ0n) is 44.9. The molecule has 0 fully saturated rings. The summed E-state index contributed by atoms with van der Waals surface area (Å²) < 4.78 is 16.9. The fourth-order valence-corrected chi connectivity index (χ4v) is 8.65. The van der Waals surface area contributed by atoms with Crippen molar-refractivity contribution in [2.45, 2.75) is 322 Å². The number of hydrogen-bond donors (Lipinski definition) is 0. The van der Waals surface area contributed by atoms with Gasteiger partial charge in [0.1, 0.15) is 13.2 Å². The standard InChI is InChI=1S/C61H112O6/c1-4-7-10-13-16-19-22-25-28-29-30-31-34-37-40-43-46-49-52-55-61(64)67-58(56-65-59(62)53-50-47-44-41-38-35-32-26-23-20-17-14-11-8-5-2)57-66-60(63)54-51-48-45-42-39-36-33-27-24-21-18-15-12-9-6-3/h17,20,25-26,28,32,58H,4-16,18-19,21-24,27,29-31,33-57H2,1-3H3/b20-17-,28-25-,32-26-/t58-/m1/s1. The Labute approximate surface area is 416 Å². The third kappa shape index (κ3) is 54.4. The lowest BCUT2D eigenvalue weighted by molar-refractivity contribution is -0.167. The lowest BCUT2D eigenvalue weighted by atomic mass is 10.0. The van der Waals surface area contributed by atoms with Crippen molar-refractivity contribution in [2.75, 3.05) is 13.2 Å². The number of carbonyl (C=O) groups is 3. The van der Waals surface area contributed by atoms with Gasteiger partial charge in [0, 0.05) is 19.3 Å². The fourth-order valence-electron chi connectivity index (χ4n) is 8.65. The third-order valence-corrected chi connectivity index (χ3v) is 13.1. The minimum atomic E-state index is -0.776. The highest BCUT2D eigenvalue weighted by atomic mass is 16.6. The molecule has 0 radical (unpaired) electrons.